The Morgan fingerprint density at radius 3 is 2.81 bits per heavy atom. The molecule has 5 heteroatoms. The number of carbonyl (C=O) groups is 1. The molecule has 0 spiro atoms. The van der Waals surface area contributed by atoms with E-state index in [0.29, 0.717) is 13.0 Å². The first-order valence-electron chi connectivity index (χ1n) is 9.67. The van der Waals surface area contributed by atoms with E-state index in [4.69, 9.17) is 9.97 Å². The summed E-state index contributed by atoms with van der Waals surface area (Å²) < 4.78 is 0. The molecule has 4 rings (SSSR count). The Morgan fingerprint density at radius 2 is 2.04 bits per heavy atom. The Morgan fingerprint density at radius 1 is 1.19 bits per heavy atom. The minimum atomic E-state index is 0.152. The third-order valence-corrected chi connectivity index (χ3v) is 5.41. The van der Waals surface area contributed by atoms with Crippen LogP contribution in [0.1, 0.15) is 54.4 Å². The van der Waals surface area contributed by atoms with Gasteiger partial charge in [0.1, 0.15) is 11.6 Å². The molecule has 2 aliphatic heterocycles. The molecule has 0 saturated carbocycles. The smallest absolute Gasteiger partial charge is 0.232 e. The first-order chi connectivity index (χ1) is 12.7. The van der Waals surface area contributed by atoms with E-state index >= 15 is 0 Å². The van der Waals surface area contributed by atoms with Crippen LogP contribution in [0.2, 0.25) is 0 Å². The number of amides is 1. The fraction of sp³-hybridized carbons (Fsp3) is 0.476. The predicted molar refractivity (Wildman–Crippen MR) is 102 cm³/mol. The number of nitrogens with zero attached hydrogens (tertiary/aromatic N) is 3. The van der Waals surface area contributed by atoms with Gasteiger partial charge in [-0.1, -0.05) is 36.8 Å². The van der Waals surface area contributed by atoms with E-state index < -0.39 is 0 Å². The van der Waals surface area contributed by atoms with E-state index in [1.54, 1.807) is 0 Å². The minimum absolute atomic E-state index is 0.152. The van der Waals surface area contributed by atoms with Gasteiger partial charge in [0.2, 0.25) is 5.91 Å². The Hall–Kier alpha value is -2.27. The van der Waals surface area contributed by atoms with E-state index in [9.17, 15) is 4.79 Å². The maximum absolute atomic E-state index is 12.6. The molecular formula is C21H26N4O. The van der Waals surface area contributed by atoms with Crippen LogP contribution in [0.25, 0.3) is 0 Å². The van der Waals surface area contributed by atoms with Crippen LogP contribution in [-0.2, 0) is 17.6 Å². The van der Waals surface area contributed by atoms with E-state index in [0.717, 1.165) is 48.7 Å². The van der Waals surface area contributed by atoms with Gasteiger partial charge in [0, 0.05) is 17.8 Å². The van der Waals surface area contributed by atoms with Gasteiger partial charge in [-0.15, -0.1) is 0 Å². The normalized spacial score (nSPS) is 19.7. The summed E-state index contributed by atoms with van der Waals surface area (Å²) in [6.45, 7) is 3.74. The van der Waals surface area contributed by atoms with Gasteiger partial charge in [0.05, 0.1) is 12.5 Å². The number of hydrogen-bond acceptors (Lipinski definition) is 4. The number of piperidine rings is 1. The lowest BCUT2D eigenvalue weighted by Crippen LogP contribution is -2.31. The maximum Gasteiger partial charge on any atom is 0.232 e. The van der Waals surface area contributed by atoms with Crippen LogP contribution in [0.3, 0.4) is 0 Å². The molecule has 2 aliphatic rings. The van der Waals surface area contributed by atoms with Gasteiger partial charge < -0.3 is 5.32 Å². The largest absolute Gasteiger partial charge is 0.307 e. The van der Waals surface area contributed by atoms with Crippen molar-refractivity contribution in [3.63, 3.8) is 0 Å². The molecule has 5 nitrogen and oxygen atoms in total. The lowest BCUT2D eigenvalue weighted by Gasteiger charge is -2.24. The number of carbonyl (C=O) groups excluding carboxylic acids is 1. The summed E-state index contributed by atoms with van der Waals surface area (Å²) in [6.07, 6.45) is 5.84. The van der Waals surface area contributed by atoms with Crippen LogP contribution in [0.4, 0.5) is 5.82 Å². The third-order valence-electron chi connectivity index (χ3n) is 5.41. The number of aromatic nitrogens is 2. The zero-order valence-electron chi connectivity index (χ0n) is 15.4. The fourth-order valence-electron chi connectivity index (χ4n) is 3.94. The summed E-state index contributed by atoms with van der Waals surface area (Å²) in [7, 11) is 0. The third kappa shape index (κ3) is 3.49. The summed E-state index contributed by atoms with van der Waals surface area (Å²) in [4.78, 5) is 24.0. The van der Waals surface area contributed by atoms with Gasteiger partial charge in [-0.2, -0.15) is 0 Å². The molecule has 0 aliphatic carbocycles. The number of fused-ring (bicyclic) bond motifs is 1. The Balaban J connectivity index is 1.51. The molecule has 1 N–H and O–H groups in total. The van der Waals surface area contributed by atoms with Crippen LogP contribution in [0.5, 0.6) is 0 Å². The van der Waals surface area contributed by atoms with Crippen LogP contribution >= 0.6 is 0 Å². The van der Waals surface area contributed by atoms with Crippen molar-refractivity contribution in [2.45, 2.75) is 51.5 Å². The van der Waals surface area contributed by atoms with Crippen molar-refractivity contribution in [2.75, 3.05) is 18.0 Å². The SMILES string of the molecule is Cc1nc(C2CCCCN2)nc2c1CC(=O)N2CCCc1ccccc1. The van der Waals surface area contributed by atoms with Crippen LogP contribution in [0.15, 0.2) is 30.3 Å². The number of rotatable bonds is 5. The standard InChI is InChI=1S/C21H26N4O/c1-15-17-14-19(26)25(13-7-10-16-8-3-2-4-9-16)21(17)24-20(23-15)18-11-5-6-12-22-18/h2-4,8-9,18,22H,5-7,10-14H2,1H3. The van der Waals surface area contributed by atoms with E-state index in [1.165, 1.54) is 18.4 Å². The van der Waals surface area contributed by atoms with Crippen molar-refractivity contribution in [2.24, 2.45) is 0 Å². The van der Waals surface area contributed by atoms with Crippen molar-refractivity contribution in [1.82, 2.24) is 15.3 Å². The van der Waals surface area contributed by atoms with Crippen molar-refractivity contribution < 1.29 is 4.79 Å². The Labute approximate surface area is 154 Å². The molecule has 0 bridgehead atoms. The van der Waals surface area contributed by atoms with E-state index in [2.05, 4.69) is 29.6 Å². The number of aryl methyl sites for hydroxylation is 2. The fourth-order valence-corrected chi connectivity index (χ4v) is 3.94. The molecule has 3 heterocycles. The number of hydrogen-bond donors (Lipinski definition) is 1. The lowest BCUT2D eigenvalue weighted by molar-refractivity contribution is -0.117. The monoisotopic (exact) mass is 350 g/mol. The summed E-state index contributed by atoms with van der Waals surface area (Å²) in [5, 5.41) is 3.52. The Bertz CT molecular complexity index is 784. The van der Waals surface area contributed by atoms with Crippen molar-refractivity contribution >= 4 is 11.7 Å². The van der Waals surface area contributed by atoms with E-state index in [-0.39, 0.29) is 11.9 Å². The van der Waals surface area contributed by atoms with Gasteiger partial charge in [0.25, 0.3) is 0 Å². The van der Waals surface area contributed by atoms with Crippen LogP contribution in [0, 0.1) is 6.92 Å². The minimum Gasteiger partial charge on any atom is -0.307 e. The quantitative estimate of drug-likeness (QED) is 0.900. The topological polar surface area (TPSA) is 58.1 Å². The molecule has 26 heavy (non-hydrogen) atoms. The zero-order chi connectivity index (χ0) is 17.9. The molecule has 136 valence electrons. The van der Waals surface area contributed by atoms with Gasteiger partial charge in [-0.05, 0) is 44.7 Å². The number of benzene rings is 1. The number of nitrogens with one attached hydrogen (secondary N) is 1. The maximum atomic E-state index is 12.6. The highest BCUT2D eigenvalue weighted by Crippen LogP contribution is 2.31. The molecule has 1 aromatic heterocycles. The molecule has 1 atom stereocenters. The first-order valence-corrected chi connectivity index (χ1v) is 9.67. The highest BCUT2D eigenvalue weighted by Gasteiger charge is 2.32. The van der Waals surface area contributed by atoms with Crippen molar-refractivity contribution in [1.29, 1.82) is 0 Å². The van der Waals surface area contributed by atoms with Gasteiger partial charge in [-0.3, -0.25) is 9.69 Å². The second-order valence-corrected chi connectivity index (χ2v) is 7.28. The molecule has 0 radical (unpaired) electrons. The predicted octanol–water partition coefficient (Wildman–Crippen LogP) is 3.12. The second-order valence-electron chi connectivity index (χ2n) is 7.28. The molecular weight excluding hydrogens is 324 g/mol. The van der Waals surface area contributed by atoms with Crippen molar-refractivity contribution in [3.05, 3.63) is 53.0 Å². The van der Waals surface area contributed by atoms with Crippen LogP contribution < -0.4 is 10.2 Å². The van der Waals surface area contributed by atoms with Crippen molar-refractivity contribution in [3.8, 4) is 0 Å². The lowest BCUT2D eigenvalue weighted by atomic mass is 10.0. The second kappa shape index (κ2) is 7.54. The zero-order valence-corrected chi connectivity index (χ0v) is 15.4. The van der Waals surface area contributed by atoms with Gasteiger partial charge >= 0.3 is 0 Å². The molecule has 1 aromatic carbocycles. The summed E-state index contributed by atoms with van der Waals surface area (Å²) in [5.41, 5.74) is 3.27. The molecule has 1 fully saturated rings. The van der Waals surface area contributed by atoms with Crippen LogP contribution in [-0.4, -0.2) is 29.0 Å². The van der Waals surface area contributed by atoms with Gasteiger partial charge in [-0.25, -0.2) is 9.97 Å². The number of anilines is 1. The highest BCUT2D eigenvalue weighted by molar-refractivity contribution is 6.00. The summed E-state index contributed by atoms with van der Waals surface area (Å²) in [5.74, 6) is 1.85. The average Bonchev–Trinajstić information content (AvgIpc) is 3.00. The Kier molecular flexibility index (Phi) is 4.98. The molecule has 2 aromatic rings. The summed E-state index contributed by atoms with van der Waals surface area (Å²) >= 11 is 0. The average molecular weight is 350 g/mol. The molecule has 1 saturated heterocycles. The molecule has 1 unspecified atom stereocenters. The molecule has 1 amide bonds. The van der Waals surface area contributed by atoms with Gasteiger partial charge in [0.15, 0.2) is 0 Å². The first kappa shape index (κ1) is 17.2. The highest BCUT2D eigenvalue weighted by atomic mass is 16.2. The summed E-state index contributed by atoms with van der Waals surface area (Å²) in [6, 6.07) is 10.6. The van der Waals surface area contributed by atoms with E-state index in [1.807, 2.05) is 17.9 Å².